The van der Waals surface area contributed by atoms with Crippen molar-refractivity contribution in [3.8, 4) is 39.3 Å². The number of thiophene rings is 1. The van der Waals surface area contributed by atoms with Crippen molar-refractivity contribution >= 4 is 85.6 Å². The number of nitrogens with zero attached hydrogens (tertiary/aromatic N) is 2. The number of hydrogen-bond acceptors (Lipinski definition) is 2. The Morgan fingerprint density at radius 3 is 1.66 bits per heavy atom. The summed E-state index contributed by atoms with van der Waals surface area (Å²) in [6.07, 6.45) is 0. The number of hydrogen-bond donors (Lipinski definition) is 0. The van der Waals surface area contributed by atoms with Crippen LogP contribution in [0.2, 0.25) is 0 Å². The van der Waals surface area contributed by atoms with Gasteiger partial charge in [-0.15, -0.1) is 11.3 Å². The maximum Gasteiger partial charge on any atom is 0.0730 e. The Balaban J connectivity index is 1.29. The molecule has 56 heavy (non-hydrogen) atoms. The van der Waals surface area contributed by atoms with Crippen molar-refractivity contribution in [1.29, 1.82) is 0 Å². The lowest BCUT2D eigenvalue weighted by Gasteiger charge is -2.14. The molecule has 0 amide bonds. The van der Waals surface area contributed by atoms with Gasteiger partial charge in [-0.05, 0) is 45.3 Å². The van der Waals surface area contributed by atoms with Crippen LogP contribution in [-0.2, 0) is 0 Å². The Hall–Kier alpha value is -7.07. The van der Waals surface area contributed by atoms with Crippen molar-refractivity contribution in [1.82, 2.24) is 9.55 Å². The molecule has 0 N–H and O–H groups in total. The van der Waals surface area contributed by atoms with Crippen LogP contribution in [0.4, 0.5) is 0 Å². The first-order valence-corrected chi connectivity index (χ1v) is 19.9. The standard InChI is InChI=1S/C53H32N2S/c1-3-17-35(18-4-1)45-31-37(32-46(54-45)36-19-5-2-6-20-36)55-47-30-29-34-16-8-10-23-39(34)48(47)50-49-44-28-14-27-42(40-26-13-21-33-15-7-9-22-38(33)40)52(44)56-53(49)43-25-12-11-24-41(43)51(50)55/h1-32H. The van der Waals surface area contributed by atoms with E-state index < -0.39 is 0 Å². The van der Waals surface area contributed by atoms with Crippen molar-refractivity contribution in [2.24, 2.45) is 0 Å². The summed E-state index contributed by atoms with van der Waals surface area (Å²) < 4.78 is 5.17. The molecule has 3 heteroatoms. The molecular weight excluding hydrogens is 697 g/mol. The van der Waals surface area contributed by atoms with Gasteiger partial charge >= 0.3 is 0 Å². The van der Waals surface area contributed by atoms with Crippen molar-refractivity contribution in [2.45, 2.75) is 0 Å². The van der Waals surface area contributed by atoms with Gasteiger partial charge in [0.15, 0.2) is 0 Å². The Morgan fingerprint density at radius 1 is 0.375 bits per heavy atom. The maximum atomic E-state index is 5.29. The van der Waals surface area contributed by atoms with Gasteiger partial charge in [-0.1, -0.05) is 176 Å². The van der Waals surface area contributed by atoms with Gasteiger partial charge in [0.05, 0.1) is 28.1 Å². The monoisotopic (exact) mass is 728 g/mol. The van der Waals surface area contributed by atoms with Crippen molar-refractivity contribution in [2.75, 3.05) is 0 Å². The van der Waals surface area contributed by atoms with Crippen LogP contribution < -0.4 is 0 Å². The third-order valence-electron chi connectivity index (χ3n) is 11.5. The number of rotatable bonds is 4. The Kier molecular flexibility index (Phi) is 6.83. The lowest BCUT2D eigenvalue weighted by atomic mass is 9.94. The molecule has 260 valence electrons. The molecule has 0 spiro atoms. The fraction of sp³-hybridized carbons (Fsp3) is 0. The summed E-state index contributed by atoms with van der Waals surface area (Å²) in [5, 5.41) is 12.7. The van der Waals surface area contributed by atoms with E-state index in [-0.39, 0.29) is 0 Å². The lowest BCUT2D eigenvalue weighted by molar-refractivity contribution is 1.16. The highest BCUT2D eigenvalue weighted by atomic mass is 32.1. The molecule has 0 aliphatic heterocycles. The van der Waals surface area contributed by atoms with E-state index in [0.717, 1.165) is 28.2 Å². The summed E-state index contributed by atoms with van der Waals surface area (Å²) in [6.45, 7) is 0. The zero-order valence-corrected chi connectivity index (χ0v) is 31.1. The SMILES string of the molecule is c1ccc(-c2cc(-n3c4ccc5ccccc5c4c4c5c6cccc(-c7cccc8ccccc78)c6sc5c5ccccc5c43)cc(-c3ccccc3)n2)cc1. The molecule has 0 saturated carbocycles. The molecule has 0 aliphatic carbocycles. The Bertz CT molecular complexity index is 3460. The van der Waals surface area contributed by atoms with Crippen LogP contribution in [-0.4, -0.2) is 9.55 Å². The second-order valence-corrected chi connectivity index (χ2v) is 15.6. The minimum atomic E-state index is 0.948. The van der Waals surface area contributed by atoms with Crippen LogP contribution in [0.3, 0.4) is 0 Å². The Labute approximate surface area is 327 Å². The predicted molar refractivity (Wildman–Crippen MR) is 240 cm³/mol. The fourth-order valence-electron chi connectivity index (χ4n) is 9.10. The summed E-state index contributed by atoms with van der Waals surface area (Å²) in [5.74, 6) is 0. The van der Waals surface area contributed by atoms with Gasteiger partial charge in [-0.25, -0.2) is 4.98 Å². The molecule has 12 aromatic rings. The van der Waals surface area contributed by atoms with E-state index >= 15 is 0 Å². The van der Waals surface area contributed by atoms with Crippen LogP contribution in [0.1, 0.15) is 0 Å². The van der Waals surface area contributed by atoms with E-state index in [2.05, 4.69) is 199 Å². The molecule has 0 saturated heterocycles. The van der Waals surface area contributed by atoms with Gasteiger partial charge in [-0.3, -0.25) is 0 Å². The molecule has 0 fully saturated rings. The number of fused-ring (bicyclic) bond motifs is 13. The van der Waals surface area contributed by atoms with Gasteiger partial charge in [-0.2, -0.15) is 0 Å². The van der Waals surface area contributed by atoms with Crippen LogP contribution >= 0.6 is 11.3 Å². The first-order chi connectivity index (χ1) is 27.8. The lowest BCUT2D eigenvalue weighted by Crippen LogP contribution is -1.99. The van der Waals surface area contributed by atoms with E-state index in [0.29, 0.717) is 0 Å². The van der Waals surface area contributed by atoms with Crippen molar-refractivity contribution in [3.05, 3.63) is 194 Å². The number of pyridine rings is 1. The molecule has 0 unspecified atom stereocenters. The predicted octanol–water partition coefficient (Wildman–Crippen LogP) is 15.0. The van der Waals surface area contributed by atoms with Crippen molar-refractivity contribution < 1.29 is 0 Å². The van der Waals surface area contributed by atoms with Crippen LogP contribution in [0.5, 0.6) is 0 Å². The largest absolute Gasteiger partial charge is 0.308 e. The third-order valence-corrected chi connectivity index (χ3v) is 12.8. The minimum absolute atomic E-state index is 0.948. The summed E-state index contributed by atoms with van der Waals surface area (Å²) in [7, 11) is 0. The molecular formula is C53H32N2S. The zero-order valence-electron chi connectivity index (χ0n) is 30.3. The van der Waals surface area contributed by atoms with E-state index in [1.165, 1.54) is 85.4 Å². The third kappa shape index (κ3) is 4.59. The van der Waals surface area contributed by atoms with Gasteiger partial charge in [0, 0.05) is 58.4 Å². The van der Waals surface area contributed by atoms with Crippen LogP contribution in [0.15, 0.2) is 194 Å². The Morgan fingerprint density at radius 2 is 0.929 bits per heavy atom. The summed E-state index contributed by atoms with van der Waals surface area (Å²) >= 11 is 1.94. The van der Waals surface area contributed by atoms with E-state index in [9.17, 15) is 0 Å². The van der Waals surface area contributed by atoms with Crippen LogP contribution in [0, 0.1) is 0 Å². The second kappa shape index (κ2) is 12.2. The normalized spacial score (nSPS) is 11.9. The molecule has 3 aromatic heterocycles. The van der Waals surface area contributed by atoms with Gasteiger partial charge in [0.25, 0.3) is 0 Å². The quantitative estimate of drug-likeness (QED) is 0.176. The molecule has 2 nitrogen and oxygen atoms in total. The smallest absolute Gasteiger partial charge is 0.0730 e. The highest BCUT2D eigenvalue weighted by molar-refractivity contribution is 7.27. The molecule has 12 rings (SSSR count). The van der Waals surface area contributed by atoms with Gasteiger partial charge in [0.2, 0.25) is 0 Å². The van der Waals surface area contributed by atoms with Gasteiger partial charge in [0.1, 0.15) is 0 Å². The average molecular weight is 729 g/mol. The van der Waals surface area contributed by atoms with E-state index in [4.69, 9.17) is 4.98 Å². The minimum Gasteiger partial charge on any atom is -0.308 e. The fourth-order valence-corrected chi connectivity index (χ4v) is 10.5. The summed E-state index contributed by atoms with van der Waals surface area (Å²) in [6, 6.07) is 70.6. The molecule has 0 radical (unpaired) electrons. The highest BCUT2D eigenvalue weighted by Gasteiger charge is 2.25. The molecule has 3 heterocycles. The molecule has 9 aromatic carbocycles. The molecule has 0 bridgehead atoms. The second-order valence-electron chi connectivity index (χ2n) is 14.6. The topological polar surface area (TPSA) is 17.8 Å². The molecule has 0 atom stereocenters. The average Bonchev–Trinajstić information content (AvgIpc) is 3.84. The maximum absolute atomic E-state index is 5.29. The number of aromatic nitrogens is 2. The van der Waals surface area contributed by atoms with E-state index in [1.807, 2.05) is 11.3 Å². The first kappa shape index (κ1) is 31.3. The van der Waals surface area contributed by atoms with Crippen molar-refractivity contribution in [3.63, 3.8) is 0 Å². The summed E-state index contributed by atoms with van der Waals surface area (Å²) in [5.41, 5.74) is 10.1. The molecule has 0 aliphatic rings. The highest BCUT2D eigenvalue weighted by Crippen LogP contribution is 2.51. The zero-order chi connectivity index (χ0) is 36.7. The van der Waals surface area contributed by atoms with Crippen LogP contribution in [0.25, 0.3) is 114 Å². The van der Waals surface area contributed by atoms with E-state index in [1.54, 1.807) is 0 Å². The number of benzene rings is 9. The first-order valence-electron chi connectivity index (χ1n) is 19.1. The van der Waals surface area contributed by atoms with Gasteiger partial charge < -0.3 is 4.57 Å². The summed E-state index contributed by atoms with van der Waals surface area (Å²) in [4.78, 5) is 5.29.